The summed E-state index contributed by atoms with van der Waals surface area (Å²) in [5, 5.41) is 28.9. The van der Waals surface area contributed by atoms with Crippen molar-refractivity contribution in [1.82, 2.24) is 0 Å². The van der Waals surface area contributed by atoms with Crippen molar-refractivity contribution in [2.45, 2.75) is 78.1 Å². The molecule has 6 aromatic carbocycles. The summed E-state index contributed by atoms with van der Waals surface area (Å²) in [7, 11) is 0. The number of para-hydroxylation sites is 3. The van der Waals surface area contributed by atoms with E-state index in [2.05, 4.69) is 153 Å². The molecule has 3 saturated heterocycles. The quantitative estimate of drug-likeness (QED) is 0.109. The van der Waals surface area contributed by atoms with E-state index in [1.165, 1.54) is 12.8 Å². The molecule has 16 heteroatoms. The van der Waals surface area contributed by atoms with Gasteiger partial charge >= 0.3 is 0 Å². The Bertz CT molecular complexity index is 2150. The third-order valence-electron chi connectivity index (χ3n) is 9.20. The molecule has 0 bridgehead atoms. The molecule has 3 heterocycles. The molecule has 3 aliphatic heterocycles. The second kappa shape index (κ2) is 33.2. The molecule has 0 aromatic heterocycles. The highest BCUT2D eigenvalue weighted by atomic mass is 79.9. The normalized spacial score (nSPS) is 15.5. The van der Waals surface area contributed by atoms with E-state index >= 15 is 0 Å². The number of ether oxygens (including phenoxy) is 6. The van der Waals surface area contributed by atoms with Crippen LogP contribution in [0, 0.1) is 0 Å². The summed E-state index contributed by atoms with van der Waals surface area (Å²) in [4.78, 5) is 0. The Kier molecular flexibility index (Phi) is 29.3. The largest absolute Gasteiger partial charge is 0.506 e. The first kappa shape index (κ1) is 61.7. The molecule has 3 N–H and O–H groups in total. The smallest absolute Gasteiger partial charge is 0.144 e. The molecule has 70 heavy (non-hydrogen) atoms. The van der Waals surface area contributed by atoms with Gasteiger partial charge in [0.1, 0.15) is 72.6 Å². The molecule has 380 valence electrons. The van der Waals surface area contributed by atoms with Gasteiger partial charge in [0.2, 0.25) is 0 Å². The monoisotopic (exact) mass is 1410 g/mol. The maximum Gasteiger partial charge on any atom is 0.144 e. The highest BCUT2D eigenvalue weighted by Gasteiger charge is 2.27. The average Bonchev–Trinajstić information content (AvgIpc) is 4.19. The van der Waals surface area contributed by atoms with Crippen LogP contribution in [0.5, 0.6) is 34.5 Å². The van der Waals surface area contributed by atoms with E-state index in [4.69, 9.17) is 28.4 Å². The third kappa shape index (κ3) is 24.4. The molecule has 9 rings (SSSR count). The van der Waals surface area contributed by atoms with E-state index in [1.54, 1.807) is 12.1 Å². The maximum absolute atomic E-state index is 9.85. The van der Waals surface area contributed by atoms with E-state index in [-0.39, 0.29) is 22.7 Å². The van der Waals surface area contributed by atoms with Crippen LogP contribution in [-0.4, -0.2) is 73.3 Å². The van der Waals surface area contributed by atoms with Crippen LogP contribution in [-0.2, 0) is 19.6 Å². The Hall–Kier alpha value is -2.64. The summed E-state index contributed by atoms with van der Waals surface area (Å²) < 4.78 is 36.0. The molecule has 3 fully saturated rings. The van der Waals surface area contributed by atoms with E-state index in [1.807, 2.05) is 115 Å². The Labute approximate surface area is 472 Å². The van der Waals surface area contributed by atoms with Gasteiger partial charge in [0.25, 0.3) is 0 Å². The van der Waals surface area contributed by atoms with Crippen molar-refractivity contribution in [3.8, 4) is 34.5 Å². The number of phenols is 3. The van der Waals surface area contributed by atoms with Crippen LogP contribution in [0.4, 0.5) is 0 Å². The molecule has 6 aromatic rings. The summed E-state index contributed by atoms with van der Waals surface area (Å²) >= 11 is 23.1. The van der Waals surface area contributed by atoms with Crippen LogP contribution in [0.2, 0.25) is 0 Å². The molecule has 0 spiro atoms. The van der Waals surface area contributed by atoms with Crippen LogP contribution < -0.4 is 14.2 Å². The number of rotatable bonds is 11. The van der Waals surface area contributed by atoms with Gasteiger partial charge in [-0.15, -0.1) is 0 Å². The maximum atomic E-state index is 9.85. The van der Waals surface area contributed by atoms with Crippen molar-refractivity contribution < 1.29 is 43.7 Å². The third-order valence-corrected chi connectivity index (χ3v) is 13.3. The Morgan fingerprint density at radius 3 is 0.857 bits per heavy atom. The first-order valence-corrected chi connectivity index (χ1v) is 28.1. The molecule has 3 aliphatic rings. The van der Waals surface area contributed by atoms with Gasteiger partial charge in [0.05, 0.1) is 46.7 Å². The van der Waals surface area contributed by atoms with Crippen LogP contribution in [0.3, 0.4) is 0 Å². The lowest BCUT2D eigenvalue weighted by molar-refractivity contribution is 0.263. The topological polar surface area (TPSA) is 126 Å². The predicted molar refractivity (Wildman–Crippen MR) is 307 cm³/mol. The fraction of sp³-hybridized carbons (Fsp3) is 0.333. The van der Waals surface area contributed by atoms with Crippen molar-refractivity contribution in [3.05, 3.63) is 170 Å². The van der Waals surface area contributed by atoms with E-state index in [0.717, 1.165) is 52.7 Å². The molecule has 0 aliphatic carbocycles. The molecular weight excluding hydrogens is 1350 g/mol. The summed E-state index contributed by atoms with van der Waals surface area (Å²) in [6.45, 7) is 17.3. The van der Waals surface area contributed by atoms with E-state index < -0.39 is 0 Å². The minimum absolute atomic E-state index is 0.183. The lowest BCUT2D eigenvalue weighted by Crippen LogP contribution is -2.19. The second-order valence-corrected chi connectivity index (χ2v) is 22.1. The van der Waals surface area contributed by atoms with Crippen LogP contribution in [0.15, 0.2) is 159 Å². The minimum Gasteiger partial charge on any atom is -0.506 e. The lowest BCUT2D eigenvalue weighted by Gasteiger charge is -2.27. The van der Waals surface area contributed by atoms with Gasteiger partial charge in [-0.3, -0.25) is 0 Å². The molecule has 0 amide bonds. The van der Waals surface area contributed by atoms with Crippen molar-refractivity contribution >= 4 is 112 Å². The zero-order chi connectivity index (χ0) is 51.6. The van der Waals surface area contributed by atoms with Crippen molar-refractivity contribution in [2.75, 3.05) is 39.6 Å². The number of hydrogen-bond donors (Lipinski definition) is 3. The Morgan fingerprint density at radius 2 is 0.643 bits per heavy atom. The number of epoxide rings is 3. The zero-order valence-electron chi connectivity index (χ0n) is 40.0. The fourth-order valence-corrected chi connectivity index (χ4v) is 9.80. The Morgan fingerprint density at radius 1 is 0.429 bits per heavy atom. The van der Waals surface area contributed by atoms with Crippen molar-refractivity contribution in [3.63, 3.8) is 0 Å². The molecule has 3 unspecified atom stereocenters. The molecule has 0 saturated carbocycles. The number of benzene rings is 6. The van der Waals surface area contributed by atoms with E-state index in [0.29, 0.717) is 65.0 Å². The highest BCUT2D eigenvalue weighted by Crippen LogP contribution is 2.43. The van der Waals surface area contributed by atoms with Gasteiger partial charge < -0.3 is 43.7 Å². The summed E-state index contributed by atoms with van der Waals surface area (Å²) in [5.41, 5.74) is 1.75. The fourth-order valence-electron chi connectivity index (χ4n) is 5.16. The predicted octanol–water partition coefficient (Wildman–Crippen LogP) is 17.4. The van der Waals surface area contributed by atoms with Gasteiger partial charge in [-0.25, -0.2) is 0 Å². The highest BCUT2D eigenvalue weighted by molar-refractivity contribution is 9.12. The van der Waals surface area contributed by atoms with Crippen LogP contribution >= 0.6 is 112 Å². The molecular formula is C54H61Br7O9. The minimum atomic E-state index is -0.308. The van der Waals surface area contributed by atoms with Gasteiger partial charge in [-0.2, -0.15) is 0 Å². The van der Waals surface area contributed by atoms with Crippen molar-refractivity contribution in [2.24, 2.45) is 0 Å². The van der Waals surface area contributed by atoms with Gasteiger partial charge in [0.15, 0.2) is 0 Å². The van der Waals surface area contributed by atoms with Gasteiger partial charge in [0, 0.05) is 9.89 Å². The number of hydrogen-bond acceptors (Lipinski definition) is 9. The first-order chi connectivity index (χ1) is 33.4. The lowest BCUT2D eigenvalue weighted by atomic mass is 9.78. The summed E-state index contributed by atoms with van der Waals surface area (Å²) in [5.74, 6) is 3.35. The second-order valence-electron chi connectivity index (χ2n) is 16.1. The van der Waals surface area contributed by atoms with E-state index in [9.17, 15) is 15.3 Å². The number of aromatic hydroxyl groups is 3. The standard InChI is InChI=1S/C15H12Br4O2.3C9H10O2.C6H3Br3O.2C3H8/c1-15(2,7-3-9(16)13(20)10(17)4-7)8-5-11(18)14(21)12(19)6-8;3*1-2-4-8(5-3-1)10-6-9-7-11-9;7-3-1-4(8)6(10)5(9)2-3;2*1-3-2/h3-6,20-21H,1-2H3;3*1-5,9H,6-7H2;1-2,10H;2*3H2,1-2H3. The summed E-state index contributed by atoms with van der Waals surface area (Å²) in [6, 6.07) is 40.5. The molecule has 3 atom stereocenters. The van der Waals surface area contributed by atoms with Crippen LogP contribution in [0.25, 0.3) is 0 Å². The van der Waals surface area contributed by atoms with Gasteiger partial charge in [-0.05, 0) is 180 Å². The molecule has 0 radical (unpaired) electrons. The zero-order valence-corrected chi connectivity index (χ0v) is 51.1. The Balaban J connectivity index is 0.000000231. The average molecular weight is 1410 g/mol. The van der Waals surface area contributed by atoms with Crippen LogP contribution in [0.1, 0.15) is 65.5 Å². The van der Waals surface area contributed by atoms with Gasteiger partial charge in [-0.1, -0.05) is 125 Å². The number of halogens is 7. The number of phenolic OH excluding ortho intramolecular Hbond substituents is 3. The van der Waals surface area contributed by atoms with Crippen molar-refractivity contribution in [1.29, 1.82) is 0 Å². The summed E-state index contributed by atoms with van der Waals surface area (Å²) in [6.07, 6.45) is 3.53. The SMILES string of the molecule is CC(C)(c1cc(Br)c(O)c(Br)c1)c1cc(Br)c(O)c(Br)c1.CCC.CCC.Oc1c(Br)cc(Br)cc1Br.c1ccc(OCC2CO2)cc1.c1ccc(OCC2CO2)cc1.c1ccc(OCC2CO2)cc1. The molecule has 9 nitrogen and oxygen atoms in total. The first-order valence-electron chi connectivity index (χ1n) is 22.5.